The van der Waals surface area contributed by atoms with E-state index in [1.165, 1.54) is 6.20 Å². The van der Waals surface area contributed by atoms with Gasteiger partial charge in [0.25, 0.3) is 0 Å². The van der Waals surface area contributed by atoms with Gasteiger partial charge in [-0.15, -0.1) is 0 Å². The molecule has 4 heteroatoms. The highest BCUT2D eigenvalue weighted by atomic mass is 35.5. The average Bonchev–Trinajstić information content (AvgIpc) is 2.54. The van der Waals surface area contributed by atoms with Crippen molar-refractivity contribution in [2.24, 2.45) is 0 Å². The third kappa shape index (κ3) is 2.81. The molecule has 3 rings (SSSR count). The topological polar surface area (TPSA) is 45.9 Å². The summed E-state index contributed by atoms with van der Waals surface area (Å²) in [4.78, 5) is 4.21. The maximum absolute atomic E-state index is 8.99. The van der Waals surface area contributed by atoms with Crippen LogP contribution < -0.4 is 4.74 Å². The smallest absolute Gasteiger partial charge is 0.120 e. The first-order valence-electron chi connectivity index (χ1n) is 6.43. The lowest BCUT2D eigenvalue weighted by Gasteiger charge is -2.08. The summed E-state index contributed by atoms with van der Waals surface area (Å²) in [5, 5.41) is 10.1. The Morgan fingerprint density at radius 2 is 1.95 bits per heavy atom. The molecule has 3 aromatic rings. The van der Waals surface area contributed by atoms with E-state index in [0.29, 0.717) is 22.9 Å². The van der Waals surface area contributed by atoms with Gasteiger partial charge < -0.3 is 4.74 Å². The highest BCUT2D eigenvalue weighted by Gasteiger charge is 2.07. The predicted molar refractivity (Wildman–Crippen MR) is 82.2 cm³/mol. The van der Waals surface area contributed by atoms with Crippen molar-refractivity contribution >= 4 is 22.5 Å². The maximum atomic E-state index is 8.99. The molecule has 0 radical (unpaired) electrons. The van der Waals surface area contributed by atoms with Gasteiger partial charge in [-0.2, -0.15) is 5.26 Å². The summed E-state index contributed by atoms with van der Waals surface area (Å²) in [5.74, 6) is 0.699. The normalized spacial score (nSPS) is 10.3. The van der Waals surface area contributed by atoms with E-state index in [2.05, 4.69) is 4.98 Å². The molecule has 1 aromatic heterocycles. The van der Waals surface area contributed by atoms with Crippen LogP contribution in [-0.4, -0.2) is 4.98 Å². The molecule has 0 amide bonds. The first kappa shape index (κ1) is 13.4. The van der Waals surface area contributed by atoms with Gasteiger partial charge in [0, 0.05) is 11.6 Å². The van der Waals surface area contributed by atoms with Crippen LogP contribution in [0.5, 0.6) is 5.75 Å². The van der Waals surface area contributed by atoms with E-state index < -0.39 is 0 Å². The SMILES string of the molecule is N#Cc1cnc2ccc(OCc3ccccc3)cc2c1Cl. The van der Waals surface area contributed by atoms with E-state index in [1.807, 2.05) is 54.6 Å². The predicted octanol–water partition coefficient (Wildman–Crippen LogP) is 4.34. The Bertz CT molecular complexity index is 825. The first-order chi connectivity index (χ1) is 10.3. The van der Waals surface area contributed by atoms with Crippen molar-refractivity contribution in [2.75, 3.05) is 0 Å². The summed E-state index contributed by atoms with van der Waals surface area (Å²) < 4.78 is 5.76. The number of ether oxygens (including phenoxy) is 1. The van der Waals surface area contributed by atoms with Gasteiger partial charge in [0.05, 0.1) is 16.1 Å². The van der Waals surface area contributed by atoms with Crippen LogP contribution in [-0.2, 0) is 6.61 Å². The van der Waals surface area contributed by atoms with Gasteiger partial charge in [-0.1, -0.05) is 41.9 Å². The molecule has 0 fully saturated rings. The number of hydrogen-bond acceptors (Lipinski definition) is 3. The first-order valence-corrected chi connectivity index (χ1v) is 6.81. The fraction of sp³-hybridized carbons (Fsp3) is 0.0588. The third-order valence-corrected chi connectivity index (χ3v) is 3.55. The molecule has 0 aliphatic carbocycles. The molecule has 0 N–H and O–H groups in total. The minimum absolute atomic E-state index is 0.365. The largest absolute Gasteiger partial charge is 0.489 e. The van der Waals surface area contributed by atoms with Crippen molar-refractivity contribution in [3.8, 4) is 11.8 Å². The van der Waals surface area contributed by atoms with Crippen LogP contribution in [0, 0.1) is 11.3 Å². The fourth-order valence-corrected chi connectivity index (χ4v) is 2.29. The van der Waals surface area contributed by atoms with Gasteiger partial charge in [-0.3, -0.25) is 4.98 Å². The van der Waals surface area contributed by atoms with Crippen LogP contribution in [0.3, 0.4) is 0 Å². The molecule has 3 nitrogen and oxygen atoms in total. The zero-order chi connectivity index (χ0) is 14.7. The second-order valence-corrected chi connectivity index (χ2v) is 4.93. The van der Waals surface area contributed by atoms with Crippen LogP contribution >= 0.6 is 11.6 Å². The minimum Gasteiger partial charge on any atom is -0.489 e. The van der Waals surface area contributed by atoms with E-state index in [1.54, 1.807) is 0 Å². The van der Waals surface area contributed by atoms with E-state index in [4.69, 9.17) is 21.6 Å². The summed E-state index contributed by atoms with van der Waals surface area (Å²) in [6, 6.07) is 17.4. The summed E-state index contributed by atoms with van der Waals surface area (Å²) in [6.07, 6.45) is 1.48. The van der Waals surface area contributed by atoms with Gasteiger partial charge in [-0.05, 0) is 23.8 Å². The Morgan fingerprint density at radius 3 is 2.71 bits per heavy atom. The van der Waals surface area contributed by atoms with Gasteiger partial charge in [0.1, 0.15) is 18.4 Å². The van der Waals surface area contributed by atoms with Crippen molar-refractivity contribution in [1.29, 1.82) is 5.26 Å². The summed E-state index contributed by atoms with van der Waals surface area (Å²) in [7, 11) is 0. The van der Waals surface area contributed by atoms with Crippen molar-refractivity contribution in [3.05, 3.63) is 70.9 Å². The van der Waals surface area contributed by atoms with Crippen molar-refractivity contribution < 1.29 is 4.74 Å². The van der Waals surface area contributed by atoms with Crippen molar-refractivity contribution in [3.63, 3.8) is 0 Å². The van der Waals surface area contributed by atoms with Gasteiger partial charge in [-0.25, -0.2) is 0 Å². The molecule has 102 valence electrons. The highest BCUT2D eigenvalue weighted by molar-refractivity contribution is 6.36. The van der Waals surface area contributed by atoms with Crippen molar-refractivity contribution in [1.82, 2.24) is 4.98 Å². The van der Waals surface area contributed by atoms with Gasteiger partial charge >= 0.3 is 0 Å². The standard InChI is InChI=1S/C17H11ClN2O/c18-17-13(9-19)10-20-16-7-6-14(8-15(16)17)21-11-12-4-2-1-3-5-12/h1-8,10H,11H2. The second kappa shape index (κ2) is 5.82. The van der Waals surface area contributed by atoms with E-state index in [9.17, 15) is 0 Å². The maximum Gasteiger partial charge on any atom is 0.120 e. The fourth-order valence-electron chi connectivity index (χ4n) is 2.05. The van der Waals surface area contributed by atoms with Crippen LogP contribution in [0.4, 0.5) is 0 Å². The zero-order valence-electron chi connectivity index (χ0n) is 11.1. The zero-order valence-corrected chi connectivity index (χ0v) is 11.8. The number of halogens is 1. The third-order valence-electron chi connectivity index (χ3n) is 3.14. The van der Waals surface area contributed by atoms with Crippen LogP contribution in [0.2, 0.25) is 5.02 Å². The molecular weight excluding hydrogens is 284 g/mol. The number of nitriles is 1. The molecule has 0 aliphatic heterocycles. The quantitative estimate of drug-likeness (QED) is 0.722. The molecule has 21 heavy (non-hydrogen) atoms. The molecule has 2 aromatic carbocycles. The van der Waals surface area contributed by atoms with E-state index >= 15 is 0 Å². The summed E-state index contributed by atoms with van der Waals surface area (Å²) in [5.41, 5.74) is 2.20. The number of fused-ring (bicyclic) bond motifs is 1. The lowest BCUT2D eigenvalue weighted by Crippen LogP contribution is -1.95. The van der Waals surface area contributed by atoms with E-state index in [0.717, 1.165) is 16.5 Å². The van der Waals surface area contributed by atoms with Gasteiger partial charge in [0.15, 0.2) is 0 Å². The average molecular weight is 295 g/mol. The molecule has 0 atom stereocenters. The minimum atomic E-state index is 0.365. The lowest BCUT2D eigenvalue weighted by atomic mass is 10.1. The number of nitrogens with zero attached hydrogens (tertiary/aromatic N) is 2. The number of rotatable bonds is 3. The molecule has 0 saturated carbocycles. The molecule has 0 bridgehead atoms. The molecule has 0 saturated heterocycles. The Hall–Kier alpha value is -2.57. The molecular formula is C17H11ClN2O. The Kier molecular flexibility index (Phi) is 3.72. The molecule has 0 spiro atoms. The highest BCUT2D eigenvalue weighted by Crippen LogP contribution is 2.28. The summed E-state index contributed by atoms with van der Waals surface area (Å²) in [6.45, 7) is 0.481. The van der Waals surface area contributed by atoms with Crippen LogP contribution in [0.25, 0.3) is 10.9 Å². The molecule has 0 unspecified atom stereocenters. The van der Waals surface area contributed by atoms with Crippen LogP contribution in [0.1, 0.15) is 11.1 Å². The Labute approximate surface area is 127 Å². The second-order valence-electron chi connectivity index (χ2n) is 4.55. The number of hydrogen-bond donors (Lipinski definition) is 0. The van der Waals surface area contributed by atoms with E-state index in [-0.39, 0.29) is 0 Å². The van der Waals surface area contributed by atoms with Gasteiger partial charge in [0.2, 0.25) is 0 Å². The number of aromatic nitrogens is 1. The lowest BCUT2D eigenvalue weighted by molar-refractivity contribution is 0.306. The number of pyridine rings is 1. The molecule has 1 heterocycles. The molecule has 0 aliphatic rings. The van der Waals surface area contributed by atoms with Crippen LogP contribution in [0.15, 0.2) is 54.7 Å². The Balaban J connectivity index is 1.90. The van der Waals surface area contributed by atoms with Crippen molar-refractivity contribution in [2.45, 2.75) is 6.61 Å². The number of benzene rings is 2. The Morgan fingerprint density at radius 1 is 1.14 bits per heavy atom. The summed E-state index contributed by atoms with van der Waals surface area (Å²) >= 11 is 6.21. The monoisotopic (exact) mass is 294 g/mol.